The molecule has 0 unspecified atom stereocenters. The van der Waals surface area contributed by atoms with E-state index >= 15 is 0 Å². The average molecular weight is 354 g/mol. The van der Waals surface area contributed by atoms with E-state index in [9.17, 15) is 9.18 Å². The van der Waals surface area contributed by atoms with E-state index in [1.807, 2.05) is 0 Å². The summed E-state index contributed by atoms with van der Waals surface area (Å²) < 4.78 is 24.0. The summed E-state index contributed by atoms with van der Waals surface area (Å²) in [6.07, 6.45) is 0. The zero-order valence-electron chi connectivity index (χ0n) is 11.4. The lowest BCUT2D eigenvalue weighted by Crippen LogP contribution is -2.07. The Bertz CT molecular complexity index is 704. The number of nitrogen functional groups attached to an aromatic ring is 1. The van der Waals surface area contributed by atoms with Crippen LogP contribution in [0.25, 0.3) is 0 Å². The molecule has 21 heavy (non-hydrogen) atoms. The summed E-state index contributed by atoms with van der Waals surface area (Å²) in [5.74, 6) is -0.348. The number of hydrogen-bond donors (Lipinski definition) is 1. The molecule has 2 rings (SSSR count). The van der Waals surface area contributed by atoms with E-state index in [0.29, 0.717) is 17.0 Å². The number of rotatable bonds is 4. The lowest BCUT2D eigenvalue weighted by Gasteiger charge is -2.12. The fourth-order valence-electron chi connectivity index (χ4n) is 1.92. The minimum Gasteiger partial charge on any atom is -0.496 e. The van der Waals surface area contributed by atoms with E-state index in [0.717, 1.165) is 6.07 Å². The number of halogens is 2. The molecule has 0 amide bonds. The van der Waals surface area contributed by atoms with Gasteiger partial charge in [-0.05, 0) is 34.1 Å². The molecule has 0 atom stereocenters. The summed E-state index contributed by atoms with van der Waals surface area (Å²) >= 11 is 3.06. The topological polar surface area (TPSA) is 61.5 Å². The molecule has 4 nitrogen and oxygen atoms in total. The molecule has 0 aromatic heterocycles. The van der Waals surface area contributed by atoms with Gasteiger partial charge in [0, 0.05) is 17.8 Å². The van der Waals surface area contributed by atoms with Crippen molar-refractivity contribution in [1.29, 1.82) is 0 Å². The molecule has 0 radical (unpaired) electrons. The highest BCUT2D eigenvalue weighted by molar-refractivity contribution is 9.10. The zero-order chi connectivity index (χ0) is 15.6. The summed E-state index contributed by atoms with van der Waals surface area (Å²) in [6.45, 7) is 0. The SMILES string of the molecule is COc1cc(N)ccc1C(=O)c1cc(Br)c(F)cc1OC. The van der Waals surface area contributed by atoms with Crippen LogP contribution in [0.4, 0.5) is 10.1 Å². The van der Waals surface area contributed by atoms with Crippen molar-refractivity contribution >= 4 is 27.4 Å². The fourth-order valence-corrected chi connectivity index (χ4v) is 2.26. The van der Waals surface area contributed by atoms with Gasteiger partial charge in [-0.2, -0.15) is 0 Å². The monoisotopic (exact) mass is 353 g/mol. The van der Waals surface area contributed by atoms with Crippen molar-refractivity contribution in [3.05, 3.63) is 51.7 Å². The van der Waals surface area contributed by atoms with Crippen molar-refractivity contribution in [3.63, 3.8) is 0 Å². The van der Waals surface area contributed by atoms with Gasteiger partial charge in [0.25, 0.3) is 0 Å². The Morgan fingerprint density at radius 1 is 1.10 bits per heavy atom. The summed E-state index contributed by atoms with van der Waals surface area (Å²) in [4.78, 5) is 12.6. The van der Waals surface area contributed by atoms with Crippen molar-refractivity contribution in [2.75, 3.05) is 20.0 Å². The summed E-state index contributed by atoms with van der Waals surface area (Å²) in [7, 11) is 2.82. The Morgan fingerprint density at radius 3 is 2.33 bits per heavy atom. The van der Waals surface area contributed by atoms with Gasteiger partial charge in [-0.15, -0.1) is 0 Å². The number of carbonyl (C=O) groups is 1. The van der Waals surface area contributed by atoms with E-state index in [2.05, 4.69) is 15.9 Å². The maximum atomic E-state index is 13.5. The Labute approximate surface area is 129 Å². The number of ether oxygens (including phenoxy) is 2. The molecule has 2 aromatic rings. The Kier molecular flexibility index (Phi) is 4.47. The molecule has 0 aliphatic rings. The van der Waals surface area contributed by atoms with Crippen LogP contribution in [-0.4, -0.2) is 20.0 Å². The summed E-state index contributed by atoms with van der Waals surface area (Å²) in [5.41, 5.74) is 6.70. The van der Waals surface area contributed by atoms with E-state index in [4.69, 9.17) is 15.2 Å². The third-order valence-electron chi connectivity index (χ3n) is 2.96. The first-order valence-corrected chi connectivity index (χ1v) is 6.78. The smallest absolute Gasteiger partial charge is 0.200 e. The molecule has 0 spiro atoms. The van der Waals surface area contributed by atoms with Gasteiger partial charge < -0.3 is 15.2 Å². The van der Waals surface area contributed by atoms with Gasteiger partial charge in [-0.25, -0.2) is 4.39 Å². The molecule has 110 valence electrons. The molecule has 2 N–H and O–H groups in total. The first kappa shape index (κ1) is 15.3. The van der Waals surface area contributed by atoms with Crippen LogP contribution in [0.5, 0.6) is 11.5 Å². The van der Waals surface area contributed by atoms with E-state index in [1.165, 1.54) is 20.3 Å². The molecular weight excluding hydrogens is 341 g/mol. The second kappa shape index (κ2) is 6.13. The Hall–Kier alpha value is -2.08. The van der Waals surface area contributed by atoms with Gasteiger partial charge in [0.15, 0.2) is 0 Å². The van der Waals surface area contributed by atoms with Crippen LogP contribution < -0.4 is 15.2 Å². The highest BCUT2D eigenvalue weighted by atomic mass is 79.9. The van der Waals surface area contributed by atoms with Crippen LogP contribution in [0.2, 0.25) is 0 Å². The molecule has 0 bridgehead atoms. The molecule has 0 heterocycles. The second-order valence-electron chi connectivity index (χ2n) is 4.26. The van der Waals surface area contributed by atoms with Crippen molar-refractivity contribution in [2.24, 2.45) is 0 Å². The fraction of sp³-hybridized carbons (Fsp3) is 0.133. The molecule has 6 heteroatoms. The van der Waals surface area contributed by atoms with Crippen LogP contribution in [0.15, 0.2) is 34.8 Å². The van der Waals surface area contributed by atoms with Gasteiger partial charge in [0.2, 0.25) is 5.78 Å². The van der Waals surface area contributed by atoms with Gasteiger partial charge in [0.05, 0.1) is 29.8 Å². The number of anilines is 1. The molecular formula is C15H13BrFNO3. The average Bonchev–Trinajstić information content (AvgIpc) is 2.48. The van der Waals surface area contributed by atoms with Gasteiger partial charge in [-0.1, -0.05) is 0 Å². The van der Waals surface area contributed by atoms with Crippen molar-refractivity contribution in [1.82, 2.24) is 0 Å². The second-order valence-corrected chi connectivity index (χ2v) is 5.11. The summed E-state index contributed by atoms with van der Waals surface area (Å²) in [5, 5.41) is 0. The predicted octanol–water partition coefficient (Wildman–Crippen LogP) is 3.42. The molecule has 0 saturated heterocycles. The third kappa shape index (κ3) is 3.00. The summed E-state index contributed by atoms with van der Waals surface area (Å²) in [6, 6.07) is 7.25. The van der Waals surface area contributed by atoms with Crippen LogP contribution in [0, 0.1) is 5.82 Å². The van der Waals surface area contributed by atoms with Crippen LogP contribution in [0.3, 0.4) is 0 Å². The maximum Gasteiger partial charge on any atom is 0.200 e. The lowest BCUT2D eigenvalue weighted by atomic mass is 10.0. The number of nitrogens with two attached hydrogens (primary N) is 1. The predicted molar refractivity (Wildman–Crippen MR) is 81.5 cm³/mol. The van der Waals surface area contributed by atoms with Crippen LogP contribution in [0.1, 0.15) is 15.9 Å². The van der Waals surface area contributed by atoms with E-state index in [-0.39, 0.29) is 21.6 Å². The number of methoxy groups -OCH3 is 2. The third-order valence-corrected chi connectivity index (χ3v) is 3.56. The van der Waals surface area contributed by atoms with Crippen LogP contribution in [-0.2, 0) is 0 Å². The molecule has 0 aliphatic carbocycles. The normalized spacial score (nSPS) is 10.3. The minimum atomic E-state index is -0.507. The quantitative estimate of drug-likeness (QED) is 0.675. The van der Waals surface area contributed by atoms with Crippen molar-refractivity contribution < 1.29 is 18.7 Å². The van der Waals surface area contributed by atoms with Gasteiger partial charge in [0.1, 0.15) is 17.3 Å². The maximum absolute atomic E-state index is 13.5. The van der Waals surface area contributed by atoms with Crippen molar-refractivity contribution in [3.8, 4) is 11.5 Å². The first-order chi connectivity index (χ1) is 9.97. The molecule has 2 aromatic carbocycles. The molecule has 0 saturated carbocycles. The standard InChI is InChI=1S/C15H13BrFNO3/c1-20-13-5-8(18)3-4-9(13)15(19)10-6-11(16)12(17)7-14(10)21-2/h3-7H,18H2,1-2H3. The molecule has 0 fully saturated rings. The minimum absolute atomic E-state index is 0.152. The Balaban J connectivity index is 2.57. The number of benzene rings is 2. The number of carbonyl (C=O) groups excluding carboxylic acids is 1. The van der Waals surface area contributed by atoms with Crippen LogP contribution >= 0.6 is 15.9 Å². The Morgan fingerprint density at radius 2 is 1.71 bits per heavy atom. The molecule has 0 aliphatic heterocycles. The first-order valence-electron chi connectivity index (χ1n) is 5.99. The number of ketones is 1. The van der Waals surface area contributed by atoms with Gasteiger partial charge in [-0.3, -0.25) is 4.79 Å². The van der Waals surface area contributed by atoms with E-state index in [1.54, 1.807) is 18.2 Å². The van der Waals surface area contributed by atoms with Crippen molar-refractivity contribution in [2.45, 2.75) is 0 Å². The zero-order valence-corrected chi connectivity index (χ0v) is 13.0. The number of hydrogen-bond acceptors (Lipinski definition) is 4. The largest absolute Gasteiger partial charge is 0.496 e. The van der Waals surface area contributed by atoms with E-state index < -0.39 is 5.82 Å². The highest BCUT2D eigenvalue weighted by Crippen LogP contribution is 2.31. The lowest BCUT2D eigenvalue weighted by molar-refractivity contribution is 0.103. The highest BCUT2D eigenvalue weighted by Gasteiger charge is 2.20. The van der Waals surface area contributed by atoms with Gasteiger partial charge >= 0.3 is 0 Å².